The molecule has 106 heavy (non-hydrogen) atoms. The fraction of sp³-hybridized carbons (Fsp3) is 0.595. The lowest BCUT2D eigenvalue weighted by Crippen LogP contribution is -2.30. The number of carbonyl (C=O) groups excluding carboxylic acids is 10. The maximum Gasteiger partial charge on any atom is 0.287 e. The largest absolute Gasteiger partial charge is 0.428 e. The van der Waals surface area contributed by atoms with Crippen molar-refractivity contribution >= 4 is 77.3 Å². The Bertz CT molecular complexity index is 3030. The minimum atomic E-state index is -0.758. The van der Waals surface area contributed by atoms with Crippen molar-refractivity contribution in [2.75, 3.05) is 32.8 Å². The number of para-hydroxylation sites is 3. The van der Waals surface area contributed by atoms with Gasteiger partial charge in [-0.2, -0.15) is 30.5 Å². The Morgan fingerprint density at radius 3 is 1.27 bits per heavy atom. The van der Waals surface area contributed by atoms with Gasteiger partial charge in [-0.15, -0.1) is 0 Å². The fourth-order valence-corrected chi connectivity index (χ4v) is 10.6. The zero-order valence-electron chi connectivity index (χ0n) is 64.5. The summed E-state index contributed by atoms with van der Waals surface area (Å²) in [4.78, 5) is 130. The maximum absolute atomic E-state index is 11.6. The van der Waals surface area contributed by atoms with E-state index < -0.39 is 12.1 Å². The molecule has 3 aromatic carbocycles. The van der Waals surface area contributed by atoms with Gasteiger partial charge in [0.05, 0.1) is 43.2 Å². The molecule has 0 fully saturated rings. The van der Waals surface area contributed by atoms with Crippen LogP contribution in [0.5, 0.6) is 0 Å². The number of hydrogen-bond acceptors (Lipinski definition) is 22. The van der Waals surface area contributed by atoms with Gasteiger partial charge in [0.25, 0.3) is 12.5 Å². The number of rotatable bonds is 48. The number of isocyanates is 8. The van der Waals surface area contributed by atoms with E-state index in [1.54, 1.807) is 55.5 Å². The van der Waals surface area contributed by atoms with Gasteiger partial charge in [0, 0.05) is 12.8 Å². The molecule has 0 saturated carbocycles. The maximum atomic E-state index is 11.6. The Hall–Kier alpha value is -9.90. The summed E-state index contributed by atoms with van der Waals surface area (Å²) in [5.74, 6) is 2.57. The van der Waals surface area contributed by atoms with E-state index in [-0.39, 0.29) is 31.1 Å². The first-order valence-electron chi connectivity index (χ1n) is 38.0. The second kappa shape index (κ2) is 85.7. The molecule has 3 aromatic rings. The minimum absolute atomic E-state index is 0.0415. The normalized spacial score (nSPS) is 13.4. The summed E-state index contributed by atoms with van der Waals surface area (Å²) in [6.07, 6.45) is 59.0. The van der Waals surface area contributed by atoms with Crippen molar-refractivity contribution in [3.8, 4) is 12.5 Å². The zero-order valence-corrected chi connectivity index (χ0v) is 64.5. The second-order valence-electron chi connectivity index (χ2n) is 24.5. The molecule has 0 aromatic heterocycles. The molecule has 4 rings (SSSR count). The molecule has 22 nitrogen and oxygen atoms in total. The summed E-state index contributed by atoms with van der Waals surface area (Å²) in [6, 6.07) is 26.2. The average molecular weight is 1460 g/mol. The molecule has 0 amide bonds. The van der Waals surface area contributed by atoms with Crippen LogP contribution in [0.15, 0.2) is 155 Å². The third-order valence-electron chi connectivity index (χ3n) is 15.8. The molecule has 6 unspecified atom stereocenters. The van der Waals surface area contributed by atoms with Crippen LogP contribution in [-0.2, 0) is 57.4 Å². The van der Waals surface area contributed by atoms with E-state index in [1.807, 2.05) is 54.6 Å². The van der Waals surface area contributed by atoms with Crippen molar-refractivity contribution < 1.29 is 57.4 Å². The van der Waals surface area contributed by atoms with Crippen LogP contribution in [0, 0.1) is 46.7 Å². The molecule has 0 spiro atoms. The van der Waals surface area contributed by atoms with Crippen molar-refractivity contribution in [1.82, 2.24) is 0 Å². The Morgan fingerprint density at radius 2 is 0.840 bits per heavy atom. The molecule has 0 saturated heterocycles. The first-order valence-corrected chi connectivity index (χ1v) is 38.0. The van der Waals surface area contributed by atoms with Crippen LogP contribution in [0.2, 0.25) is 0 Å². The predicted octanol–water partition coefficient (Wildman–Crippen LogP) is 20.7. The van der Waals surface area contributed by atoms with Gasteiger partial charge >= 0.3 is 0 Å². The third kappa shape index (κ3) is 68.5. The molecule has 0 aliphatic heterocycles. The highest BCUT2D eigenvalue weighted by atomic mass is 16.5. The van der Waals surface area contributed by atoms with Gasteiger partial charge in [-0.05, 0) is 144 Å². The van der Waals surface area contributed by atoms with Crippen LogP contribution in [0.4, 0.5) is 17.1 Å². The summed E-state index contributed by atoms with van der Waals surface area (Å²) in [6.45, 7) is 16.8. The number of ketones is 2. The molecule has 578 valence electrons. The molecule has 1 aliphatic carbocycles. The lowest BCUT2D eigenvalue weighted by Gasteiger charge is -2.39. The smallest absolute Gasteiger partial charge is 0.287 e. The van der Waals surface area contributed by atoms with Gasteiger partial charge in [-0.1, -0.05) is 237 Å². The van der Waals surface area contributed by atoms with Crippen LogP contribution in [0.25, 0.3) is 0 Å². The molecule has 6 atom stereocenters. The average Bonchev–Trinajstić information content (AvgIpc) is 0.817. The number of hydrogen-bond donors (Lipinski definition) is 0. The van der Waals surface area contributed by atoms with Gasteiger partial charge in [0.15, 0.2) is 17.7 Å². The zero-order chi connectivity index (χ0) is 79.1. The molecule has 0 radical (unpaired) electrons. The Morgan fingerprint density at radius 1 is 0.434 bits per heavy atom. The highest BCUT2D eigenvalue weighted by Crippen LogP contribution is 2.43. The summed E-state index contributed by atoms with van der Waals surface area (Å²) >= 11 is 0. The van der Waals surface area contributed by atoms with Crippen molar-refractivity contribution in [2.45, 2.75) is 266 Å². The van der Waals surface area contributed by atoms with Gasteiger partial charge in [0.1, 0.15) is 12.6 Å². The first-order chi connectivity index (χ1) is 51.9. The Labute approximate surface area is 632 Å². The van der Waals surface area contributed by atoms with E-state index in [0.717, 1.165) is 24.7 Å². The molecule has 1 aliphatic rings. The van der Waals surface area contributed by atoms with Gasteiger partial charge in [-0.25, -0.2) is 58.3 Å². The topological polar surface area (TPSA) is 336 Å². The molecule has 0 bridgehead atoms. The monoisotopic (exact) mass is 1460 g/mol. The summed E-state index contributed by atoms with van der Waals surface area (Å²) in [7, 11) is 0. The van der Waals surface area contributed by atoms with E-state index in [2.05, 4.69) is 115 Å². The lowest BCUT2D eigenvalue weighted by molar-refractivity contribution is -0.127. The molecule has 0 N–H and O–H groups in total. The number of unbranched alkanes of at least 4 members (excludes halogenated alkanes) is 17. The first kappa shape index (κ1) is 102. The van der Waals surface area contributed by atoms with Crippen LogP contribution >= 0.6 is 0 Å². The molecule has 22 heteroatoms. The number of allylic oxidation sites excluding steroid dienone is 4. The number of ether oxygens (including phenoxy) is 2. The number of nitrogens with zero attached hydrogens (tertiary/aromatic N) is 10. The number of aliphatic imine (C=N–C) groups is 8. The van der Waals surface area contributed by atoms with E-state index in [1.165, 1.54) is 190 Å². The van der Waals surface area contributed by atoms with Crippen LogP contribution < -0.4 is 0 Å². The van der Waals surface area contributed by atoms with Gasteiger partial charge in [0.2, 0.25) is 48.6 Å². The van der Waals surface area contributed by atoms with Gasteiger partial charge in [-0.3, -0.25) is 9.59 Å². The SMILES string of the molecule is CCC.CCC.CCC(=O)C(CCCCN=C=O)OC#N.CCCCC/C=C\C1C(CCCCCCCCN=C=O)C=CC(CCCCC)C1CCCCCCCCN=C=O.N#COCCCCC(N=C=O)C(=O)CCN=C=O.O=C=Nc1ccccc1.O=C=Nc1ccccc1.O=C=Nc1ccccc1. The summed E-state index contributed by atoms with van der Waals surface area (Å²) in [5, 5.41) is 16.5. The summed E-state index contributed by atoms with van der Waals surface area (Å²) in [5.41, 5.74) is 1.94. The predicted molar refractivity (Wildman–Crippen MR) is 418 cm³/mol. The number of nitriles is 2. The Kier molecular flexibility index (Phi) is 82.9. The minimum Gasteiger partial charge on any atom is -0.428 e. The number of carbonyl (C=O) groups is 2. The van der Waals surface area contributed by atoms with Crippen molar-refractivity contribution in [2.24, 2.45) is 63.6 Å². The second-order valence-corrected chi connectivity index (χ2v) is 24.5. The van der Waals surface area contributed by atoms with Gasteiger partial charge < -0.3 is 9.47 Å². The molecular weight excluding hydrogens is 1340 g/mol. The fourth-order valence-electron chi connectivity index (χ4n) is 10.6. The van der Waals surface area contributed by atoms with Crippen LogP contribution in [-0.4, -0.2) is 105 Å². The van der Waals surface area contributed by atoms with Crippen LogP contribution in [0.3, 0.4) is 0 Å². The summed E-state index contributed by atoms with van der Waals surface area (Å²) < 4.78 is 9.12. The van der Waals surface area contributed by atoms with E-state index in [0.29, 0.717) is 93.5 Å². The standard InChI is InChI=1S/C36H62N2O2.C11H13N3O4.C10H14N2O3.3C7H5NO.2C3H8/c1-3-5-7-12-19-25-36-34(24-18-13-8-10-15-21-29-37-31-39)28-27-33(23-17-6-4-2)35(36)26-20-14-9-11-16-22-30-38-32-40;12-7-18-6-2-1-3-10(14-9-16)11(17)4-5-13-8-15;1-2-9(14)10(15-7-11)5-3-4-6-12-8-13;3*9-6-8-7-4-2-1-3-5-7;2*1-3-2/h19,25,27-28,33-36H,3-18,20-24,26,29-30H2,1-2H3;10H,1-6H2;10H,2-6H2,1H3;3*1-5H;2*3H2,1-2H3/b25-19-;;;;;;;. The van der Waals surface area contributed by atoms with E-state index >= 15 is 0 Å². The van der Waals surface area contributed by atoms with Crippen molar-refractivity contribution in [1.29, 1.82) is 10.5 Å². The molecule has 0 heterocycles. The lowest BCUT2D eigenvalue weighted by atomic mass is 9.66. The van der Waals surface area contributed by atoms with Crippen LogP contribution in [0.1, 0.15) is 254 Å². The quantitative estimate of drug-likeness (QED) is 0.0167. The van der Waals surface area contributed by atoms with Crippen molar-refractivity contribution in [3.63, 3.8) is 0 Å². The van der Waals surface area contributed by atoms with E-state index in [4.69, 9.17) is 10.5 Å². The third-order valence-corrected chi connectivity index (χ3v) is 15.8. The number of Topliss-reactive ketones (excluding diaryl/α,β-unsaturated/α-hetero) is 2. The molecular formula is C84H120N10O12. The highest BCUT2D eigenvalue weighted by molar-refractivity contribution is 5.85. The van der Waals surface area contributed by atoms with Crippen molar-refractivity contribution in [3.05, 3.63) is 115 Å². The van der Waals surface area contributed by atoms with E-state index in [9.17, 15) is 47.9 Å². The highest BCUT2D eigenvalue weighted by Gasteiger charge is 2.34. The number of benzene rings is 3. The Balaban J connectivity index is -0.000000648.